The highest BCUT2D eigenvalue weighted by molar-refractivity contribution is 14.1. The van der Waals surface area contributed by atoms with E-state index in [2.05, 4.69) is 27.6 Å². The van der Waals surface area contributed by atoms with Crippen molar-refractivity contribution in [2.45, 2.75) is 0 Å². The Morgan fingerprint density at radius 3 is 3.00 bits per heavy atom. The summed E-state index contributed by atoms with van der Waals surface area (Å²) in [4.78, 5) is 4.24. The van der Waals surface area contributed by atoms with E-state index in [1.54, 1.807) is 6.20 Å². The van der Waals surface area contributed by atoms with Gasteiger partial charge in [0.15, 0.2) is 0 Å². The van der Waals surface area contributed by atoms with Gasteiger partial charge in [0.25, 0.3) is 0 Å². The minimum atomic E-state index is 0.769. The van der Waals surface area contributed by atoms with Crippen molar-refractivity contribution < 1.29 is 0 Å². The summed E-state index contributed by atoms with van der Waals surface area (Å²) in [6.45, 7) is 0. The van der Waals surface area contributed by atoms with E-state index in [1.807, 2.05) is 23.9 Å². The fourth-order valence-electron chi connectivity index (χ4n) is 1.21. The molecule has 4 heteroatoms. The second-order valence-electron chi connectivity index (χ2n) is 2.58. The summed E-state index contributed by atoms with van der Waals surface area (Å²) in [7, 11) is 1.97. The first-order chi connectivity index (χ1) is 5.70. The summed E-state index contributed by atoms with van der Waals surface area (Å²) in [6, 6.07) is 1.81. The maximum atomic E-state index is 6.02. The van der Waals surface area contributed by atoms with E-state index in [4.69, 9.17) is 11.6 Å². The number of aryl methyl sites for hydroxylation is 1. The number of fused-ring (bicyclic) bond motifs is 1. The van der Waals surface area contributed by atoms with Gasteiger partial charge in [-0.25, -0.2) is 4.98 Å². The zero-order valence-electron chi connectivity index (χ0n) is 6.38. The molecule has 0 N–H and O–H groups in total. The second kappa shape index (κ2) is 2.88. The Morgan fingerprint density at radius 2 is 2.33 bits per heavy atom. The van der Waals surface area contributed by atoms with Crippen LogP contribution in [-0.4, -0.2) is 9.55 Å². The summed E-state index contributed by atoms with van der Waals surface area (Å²) >= 11 is 8.28. The topological polar surface area (TPSA) is 17.8 Å². The number of pyridine rings is 1. The molecule has 0 spiro atoms. The van der Waals surface area contributed by atoms with Crippen LogP contribution in [0.1, 0.15) is 0 Å². The van der Waals surface area contributed by atoms with Gasteiger partial charge in [-0.2, -0.15) is 0 Å². The van der Waals surface area contributed by atoms with Crippen LogP contribution in [0.15, 0.2) is 18.5 Å². The summed E-state index contributed by atoms with van der Waals surface area (Å²) in [6.07, 6.45) is 3.74. The van der Waals surface area contributed by atoms with Gasteiger partial charge < -0.3 is 4.57 Å². The second-order valence-corrected chi connectivity index (χ2v) is 4.15. The third kappa shape index (κ3) is 1.11. The lowest BCUT2D eigenvalue weighted by atomic mass is 10.3. The molecule has 0 aromatic carbocycles. The molecule has 2 heterocycles. The van der Waals surface area contributed by atoms with Gasteiger partial charge in [0.1, 0.15) is 5.65 Å². The van der Waals surface area contributed by atoms with Gasteiger partial charge in [-0.15, -0.1) is 0 Å². The predicted octanol–water partition coefficient (Wildman–Crippen LogP) is 2.83. The van der Waals surface area contributed by atoms with Crippen molar-refractivity contribution in [2.24, 2.45) is 7.05 Å². The molecule has 0 unspecified atom stereocenters. The standard InChI is InChI=1S/C8H6ClIN2/c1-12-4-6(10)7-5(9)2-3-11-8(7)12/h2-4H,1H3. The van der Waals surface area contributed by atoms with Crippen LogP contribution in [0.2, 0.25) is 5.02 Å². The molecular formula is C8H6ClIN2. The lowest BCUT2D eigenvalue weighted by Gasteiger charge is -1.94. The van der Waals surface area contributed by atoms with Crippen molar-refractivity contribution in [2.75, 3.05) is 0 Å². The van der Waals surface area contributed by atoms with Crippen LogP contribution < -0.4 is 0 Å². The maximum absolute atomic E-state index is 6.02. The molecule has 0 bridgehead atoms. The number of rotatable bonds is 0. The van der Waals surface area contributed by atoms with Gasteiger partial charge in [-0.1, -0.05) is 11.6 Å². The van der Waals surface area contributed by atoms with E-state index in [1.165, 1.54) is 0 Å². The first kappa shape index (κ1) is 8.31. The van der Waals surface area contributed by atoms with Crippen LogP contribution in [0.4, 0.5) is 0 Å². The molecule has 0 fully saturated rings. The Morgan fingerprint density at radius 1 is 1.58 bits per heavy atom. The van der Waals surface area contributed by atoms with Crippen molar-refractivity contribution in [1.82, 2.24) is 9.55 Å². The van der Waals surface area contributed by atoms with E-state index < -0.39 is 0 Å². The molecule has 0 saturated carbocycles. The molecule has 2 aromatic rings. The number of aromatic nitrogens is 2. The van der Waals surface area contributed by atoms with Gasteiger partial charge in [0, 0.05) is 23.0 Å². The number of nitrogens with zero attached hydrogens (tertiary/aromatic N) is 2. The van der Waals surface area contributed by atoms with Crippen molar-refractivity contribution in [3.8, 4) is 0 Å². The molecule has 12 heavy (non-hydrogen) atoms. The molecule has 2 aromatic heterocycles. The normalized spacial score (nSPS) is 10.9. The van der Waals surface area contributed by atoms with Crippen molar-refractivity contribution in [1.29, 1.82) is 0 Å². The van der Waals surface area contributed by atoms with Gasteiger partial charge >= 0.3 is 0 Å². The molecule has 0 atom stereocenters. The van der Waals surface area contributed by atoms with Gasteiger partial charge in [0.2, 0.25) is 0 Å². The predicted molar refractivity (Wildman–Crippen MR) is 58.4 cm³/mol. The number of hydrogen-bond donors (Lipinski definition) is 0. The molecular weight excluding hydrogens is 286 g/mol. The van der Waals surface area contributed by atoms with E-state index in [0.29, 0.717) is 0 Å². The lowest BCUT2D eigenvalue weighted by molar-refractivity contribution is 0.946. The monoisotopic (exact) mass is 292 g/mol. The Balaban J connectivity index is 2.99. The molecule has 62 valence electrons. The highest BCUT2D eigenvalue weighted by Gasteiger charge is 2.07. The Labute approximate surface area is 88.7 Å². The average molecular weight is 293 g/mol. The van der Waals surface area contributed by atoms with Crippen LogP contribution in [0, 0.1) is 3.57 Å². The molecule has 0 amide bonds. The molecule has 2 rings (SSSR count). The largest absolute Gasteiger partial charge is 0.334 e. The van der Waals surface area contributed by atoms with Crippen LogP contribution in [0.25, 0.3) is 11.0 Å². The quantitative estimate of drug-likeness (QED) is 0.683. The molecule has 0 aliphatic rings. The van der Waals surface area contributed by atoms with Crippen LogP contribution in [0.3, 0.4) is 0 Å². The van der Waals surface area contributed by atoms with E-state index in [0.717, 1.165) is 19.6 Å². The van der Waals surface area contributed by atoms with E-state index >= 15 is 0 Å². The highest BCUT2D eigenvalue weighted by atomic mass is 127. The SMILES string of the molecule is Cn1cc(I)c2c(Cl)ccnc21. The van der Waals surface area contributed by atoms with Gasteiger partial charge in [-0.05, 0) is 28.7 Å². The Kier molecular flexibility index (Phi) is 2.00. The van der Waals surface area contributed by atoms with Crippen LogP contribution >= 0.6 is 34.2 Å². The fourth-order valence-corrected chi connectivity index (χ4v) is 2.56. The summed E-state index contributed by atoms with van der Waals surface area (Å²) in [5.41, 5.74) is 0.937. The highest BCUT2D eigenvalue weighted by Crippen LogP contribution is 2.27. The summed E-state index contributed by atoms with van der Waals surface area (Å²) in [5.74, 6) is 0. The third-order valence-electron chi connectivity index (χ3n) is 1.76. The van der Waals surface area contributed by atoms with Crippen LogP contribution in [-0.2, 0) is 7.05 Å². The zero-order chi connectivity index (χ0) is 8.72. The van der Waals surface area contributed by atoms with Gasteiger partial charge in [-0.3, -0.25) is 0 Å². The summed E-state index contributed by atoms with van der Waals surface area (Å²) in [5, 5.41) is 1.81. The fraction of sp³-hybridized carbons (Fsp3) is 0.125. The number of hydrogen-bond acceptors (Lipinski definition) is 1. The zero-order valence-corrected chi connectivity index (χ0v) is 9.30. The maximum Gasteiger partial charge on any atom is 0.142 e. The average Bonchev–Trinajstić information content (AvgIpc) is 2.29. The minimum Gasteiger partial charge on any atom is -0.334 e. The van der Waals surface area contributed by atoms with Crippen molar-refractivity contribution in [3.63, 3.8) is 0 Å². The summed E-state index contributed by atoms with van der Waals surface area (Å²) < 4.78 is 3.12. The number of halogens is 2. The lowest BCUT2D eigenvalue weighted by Crippen LogP contribution is -1.86. The van der Waals surface area contributed by atoms with Crippen LogP contribution in [0.5, 0.6) is 0 Å². The molecule has 0 radical (unpaired) electrons. The Hall–Kier alpha value is -0.290. The minimum absolute atomic E-state index is 0.769. The van der Waals surface area contributed by atoms with E-state index in [-0.39, 0.29) is 0 Å². The van der Waals surface area contributed by atoms with E-state index in [9.17, 15) is 0 Å². The molecule has 2 nitrogen and oxygen atoms in total. The molecule has 0 aliphatic heterocycles. The molecule has 0 saturated heterocycles. The Bertz CT molecular complexity index is 436. The molecule has 0 aliphatic carbocycles. The van der Waals surface area contributed by atoms with Crippen molar-refractivity contribution in [3.05, 3.63) is 27.1 Å². The smallest absolute Gasteiger partial charge is 0.142 e. The first-order valence-electron chi connectivity index (χ1n) is 3.45. The third-order valence-corrected chi connectivity index (χ3v) is 2.89. The van der Waals surface area contributed by atoms with Gasteiger partial charge in [0.05, 0.1) is 10.4 Å². The van der Waals surface area contributed by atoms with Crippen molar-refractivity contribution >= 4 is 45.2 Å². The first-order valence-corrected chi connectivity index (χ1v) is 4.91.